The minimum absolute atomic E-state index is 0.0965. The molecule has 1 unspecified atom stereocenters. The summed E-state index contributed by atoms with van der Waals surface area (Å²) in [6.07, 6.45) is -0.290. The fourth-order valence-corrected chi connectivity index (χ4v) is 7.96. The molecule has 2 aliphatic rings. The second-order valence-electron chi connectivity index (χ2n) is 14.3. The van der Waals surface area contributed by atoms with E-state index in [2.05, 4.69) is 21.2 Å². The summed E-state index contributed by atoms with van der Waals surface area (Å²) in [7, 11) is -4.50. The lowest BCUT2D eigenvalue weighted by atomic mass is 9.78. The first-order chi connectivity index (χ1) is 25.7. The number of aromatic nitrogens is 3. The second kappa shape index (κ2) is 16.9. The molecule has 16 nitrogen and oxygen atoms in total. The van der Waals surface area contributed by atoms with Crippen molar-refractivity contribution in [2.24, 2.45) is 17.8 Å². The normalized spacial score (nSPS) is 23.1. The molecule has 2 aromatic heterocycles. The lowest BCUT2D eigenvalue weighted by Crippen LogP contribution is -2.57. The van der Waals surface area contributed by atoms with Crippen LogP contribution in [-0.2, 0) is 48.0 Å². The maximum absolute atomic E-state index is 14.8. The highest BCUT2D eigenvalue weighted by Gasteiger charge is 2.63. The van der Waals surface area contributed by atoms with E-state index in [9.17, 15) is 24.2 Å². The Labute approximate surface area is 314 Å². The van der Waals surface area contributed by atoms with Crippen LogP contribution in [0.15, 0.2) is 48.8 Å². The maximum Gasteiger partial charge on any atom is 0.459 e. The molecule has 2 fully saturated rings. The van der Waals surface area contributed by atoms with E-state index >= 15 is 0 Å². The van der Waals surface area contributed by atoms with E-state index in [0.717, 1.165) is 12.8 Å². The van der Waals surface area contributed by atoms with Crippen LogP contribution in [0.3, 0.4) is 0 Å². The van der Waals surface area contributed by atoms with Crippen LogP contribution in [0, 0.1) is 29.1 Å². The highest BCUT2D eigenvalue weighted by atomic mass is 31.2. The third-order valence-electron chi connectivity index (χ3n) is 9.80. The largest absolute Gasteiger partial charge is 0.464 e. The van der Waals surface area contributed by atoms with Gasteiger partial charge < -0.3 is 29.2 Å². The summed E-state index contributed by atoms with van der Waals surface area (Å²) in [5.41, 5.74) is 3.01. The molecule has 0 bridgehead atoms. The van der Waals surface area contributed by atoms with E-state index in [0.29, 0.717) is 24.8 Å². The Morgan fingerprint density at radius 2 is 1.72 bits per heavy atom. The first kappa shape index (κ1) is 40.6. The van der Waals surface area contributed by atoms with Crippen LogP contribution in [0.1, 0.15) is 79.3 Å². The smallest absolute Gasteiger partial charge is 0.459 e. The fraction of sp³-hybridized carbons (Fsp3) is 0.568. The first-order valence-corrected chi connectivity index (χ1v) is 19.8. The number of nitrogens with zero attached hydrogens (tertiary/aromatic N) is 4. The van der Waals surface area contributed by atoms with Crippen molar-refractivity contribution in [3.63, 3.8) is 0 Å². The molecule has 1 saturated carbocycles. The summed E-state index contributed by atoms with van der Waals surface area (Å²) >= 11 is 0. The molecule has 3 N–H and O–H groups in total. The summed E-state index contributed by atoms with van der Waals surface area (Å²) in [6, 6.07) is 13.5. The summed E-state index contributed by atoms with van der Waals surface area (Å²) in [5, 5.41) is 18.1. The summed E-state index contributed by atoms with van der Waals surface area (Å²) in [6.45, 7) is 10.1. The molecule has 3 aromatic rings. The van der Waals surface area contributed by atoms with Gasteiger partial charge in [0.15, 0.2) is 18.0 Å². The maximum atomic E-state index is 14.8. The third kappa shape index (κ3) is 8.39. The van der Waals surface area contributed by atoms with Crippen molar-refractivity contribution < 1.29 is 46.9 Å². The van der Waals surface area contributed by atoms with Gasteiger partial charge in [0.05, 0.1) is 30.7 Å². The summed E-state index contributed by atoms with van der Waals surface area (Å²) in [4.78, 5) is 44.1. The number of nitrogens with one attached hydrogen (secondary N) is 1. The van der Waals surface area contributed by atoms with E-state index in [4.69, 9.17) is 33.7 Å². The molecule has 1 saturated heterocycles. The predicted molar refractivity (Wildman–Crippen MR) is 194 cm³/mol. The van der Waals surface area contributed by atoms with Gasteiger partial charge in [0.1, 0.15) is 35.3 Å². The molecular formula is C37H49N6O10P. The van der Waals surface area contributed by atoms with Gasteiger partial charge in [-0.05, 0) is 49.4 Å². The minimum atomic E-state index is -4.50. The zero-order valence-electron chi connectivity index (χ0n) is 31.4. The number of nitrogen functional groups attached to an aromatic ring is 1. The van der Waals surface area contributed by atoms with E-state index < -0.39 is 73.5 Å². The lowest BCUT2D eigenvalue weighted by Gasteiger charge is -2.41. The molecule has 0 radical (unpaired) electrons. The third-order valence-corrected chi connectivity index (χ3v) is 11.4. The Hall–Kier alpha value is -4.55. The number of hydrogen-bond donors (Lipinski definition) is 2. The van der Waals surface area contributed by atoms with Crippen molar-refractivity contribution in [1.29, 1.82) is 5.26 Å². The Morgan fingerprint density at radius 3 is 2.31 bits per heavy atom. The first-order valence-electron chi connectivity index (χ1n) is 18.3. The number of carbonyl (C=O) groups is 3. The summed E-state index contributed by atoms with van der Waals surface area (Å²) in [5.74, 6) is -2.80. The number of nitriles is 1. The van der Waals surface area contributed by atoms with E-state index in [1.165, 1.54) is 16.9 Å². The zero-order valence-corrected chi connectivity index (χ0v) is 32.3. The molecule has 5 rings (SSSR count). The Balaban J connectivity index is 1.54. The molecule has 0 amide bonds. The highest BCUT2D eigenvalue weighted by Crippen LogP contribution is 2.52. The molecule has 5 atom stereocenters. The van der Waals surface area contributed by atoms with Crippen LogP contribution in [0.25, 0.3) is 5.52 Å². The Kier molecular flexibility index (Phi) is 12.7. The van der Waals surface area contributed by atoms with Crippen molar-refractivity contribution in [3.8, 4) is 11.8 Å². The SMILES string of the molecule is CCC(CC)COC(=O)C1(NP(=O)(OC[C@H]2O[C@@](C#N)(c3ccc4c(N)ncnn34)[C@H](OC(=O)C(C)C)[C@@H]2OC(=O)C(C)C)Oc2ccccc2)CCC1. The monoisotopic (exact) mass is 768 g/mol. The van der Waals surface area contributed by atoms with Gasteiger partial charge in [-0.2, -0.15) is 15.4 Å². The average molecular weight is 769 g/mol. The van der Waals surface area contributed by atoms with Gasteiger partial charge in [-0.15, -0.1) is 0 Å². The highest BCUT2D eigenvalue weighted by molar-refractivity contribution is 7.52. The quantitative estimate of drug-likeness (QED) is 0.102. The molecule has 1 aliphatic carbocycles. The minimum Gasteiger partial charge on any atom is -0.464 e. The number of benzene rings is 1. The molecule has 0 spiro atoms. The predicted octanol–water partition coefficient (Wildman–Crippen LogP) is 5.26. The number of rotatable bonds is 17. The van der Waals surface area contributed by atoms with E-state index in [1.54, 1.807) is 64.1 Å². The standard InChI is InChI=1S/C37H49N6O10P/c1-7-25(8-2)19-48-35(46)36(17-12-18-36)42-54(47,53-26-13-10-9-11-14-26)49-20-28-30(50-33(44)23(3)4)31(51-34(45)24(5)6)37(21-38,52-28)29-16-15-27-32(39)40-22-41-43(27)29/h9-11,13-16,22-25,28,30-31H,7-8,12,17-20H2,1-6H3,(H,42,47)(H2,39,40,41)/t28-,30-,31-,37+,54?/m1/s1. The second-order valence-corrected chi connectivity index (χ2v) is 15.9. The fourth-order valence-electron chi connectivity index (χ4n) is 6.22. The molecule has 1 aliphatic heterocycles. The molecule has 3 heterocycles. The van der Waals surface area contributed by atoms with Crippen molar-refractivity contribution >= 4 is 37.0 Å². The van der Waals surface area contributed by atoms with Crippen LogP contribution < -0.4 is 15.3 Å². The van der Waals surface area contributed by atoms with Gasteiger partial charge in [-0.3, -0.25) is 18.9 Å². The molecular weight excluding hydrogens is 719 g/mol. The van der Waals surface area contributed by atoms with E-state index in [1.807, 2.05) is 13.8 Å². The van der Waals surface area contributed by atoms with Crippen molar-refractivity contribution in [3.05, 3.63) is 54.5 Å². The molecule has 17 heteroatoms. The number of hydrogen-bond acceptors (Lipinski definition) is 14. The van der Waals surface area contributed by atoms with Gasteiger partial charge in [-0.25, -0.2) is 14.1 Å². The number of anilines is 1. The van der Waals surface area contributed by atoms with Crippen LogP contribution in [0.5, 0.6) is 5.75 Å². The average Bonchev–Trinajstić information content (AvgIpc) is 3.70. The Bertz CT molecular complexity index is 1890. The zero-order chi connectivity index (χ0) is 39.3. The van der Waals surface area contributed by atoms with Crippen molar-refractivity contribution in [2.75, 3.05) is 18.9 Å². The van der Waals surface area contributed by atoms with Gasteiger partial charge in [0.2, 0.25) is 5.60 Å². The van der Waals surface area contributed by atoms with Crippen LogP contribution in [-0.4, -0.2) is 69.6 Å². The number of esters is 3. The van der Waals surface area contributed by atoms with Crippen LogP contribution in [0.4, 0.5) is 5.82 Å². The number of para-hydroxylation sites is 1. The molecule has 1 aromatic carbocycles. The van der Waals surface area contributed by atoms with Gasteiger partial charge in [-0.1, -0.05) is 72.6 Å². The topological polar surface area (TPSA) is 216 Å². The van der Waals surface area contributed by atoms with Crippen molar-refractivity contribution in [1.82, 2.24) is 19.7 Å². The van der Waals surface area contributed by atoms with Gasteiger partial charge in [0, 0.05) is 0 Å². The van der Waals surface area contributed by atoms with Gasteiger partial charge >= 0.3 is 25.7 Å². The summed E-state index contributed by atoms with van der Waals surface area (Å²) < 4.78 is 52.3. The van der Waals surface area contributed by atoms with Crippen LogP contribution >= 0.6 is 7.75 Å². The number of fused-ring (bicyclic) bond motifs is 1. The van der Waals surface area contributed by atoms with E-state index in [-0.39, 0.29) is 29.8 Å². The number of ether oxygens (including phenoxy) is 4. The van der Waals surface area contributed by atoms with Crippen molar-refractivity contribution in [2.45, 2.75) is 103 Å². The molecule has 292 valence electrons. The number of carbonyl (C=O) groups excluding carboxylic acids is 3. The number of nitrogens with two attached hydrogens (primary N) is 1. The van der Waals surface area contributed by atoms with Gasteiger partial charge in [0.25, 0.3) is 0 Å². The van der Waals surface area contributed by atoms with Crippen LogP contribution in [0.2, 0.25) is 0 Å². The Morgan fingerprint density at radius 1 is 1.06 bits per heavy atom. The molecule has 54 heavy (non-hydrogen) atoms. The lowest BCUT2D eigenvalue weighted by molar-refractivity contribution is -0.173.